The Hall–Kier alpha value is -1.67. The van der Waals surface area contributed by atoms with Crippen LogP contribution in [-0.2, 0) is 30.2 Å². The number of sulfonamides is 1. The van der Waals surface area contributed by atoms with Gasteiger partial charge in [-0.2, -0.15) is 14.5 Å². The van der Waals surface area contributed by atoms with Crippen LogP contribution < -0.4 is 0 Å². The topological polar surface area (TPSA) is 73.0 Å². The summed E-state index contributed by atoms with van der Waals surface area (Å²) in [5, 5.41) is 8.34. The van der Waals surface area contributed by atoms with Gasteiger partial charge >= 0.3 is 0 Å². The van der Waals surface area contributed by atoms with Crippen molar-refractivity contribution in [1.82, 2.24) is 23.9 Å². The van der Waals surface area contributed by atoms with Gasteiger partial charge in [-0.15, -0.1) is 0 Å². The Labute approximate surface area is 125 Å². The summed E-state index contributed by atoms with van der Waals surface area (Å²) in [6, 6.07) is 0. The van der Waals surface area contributed by atoms with Crippen molar-refractivity contribution >= 4 is 10.0 Å². The van der Waals surface area contributed by atoms with Crippen LogP contribution in [0, 0.1) is 13.8 Å². The molecule has 116 valence electrons. The van der Waals surface area contributed by atoms with Crippen molar-refractivity contribution in [3.8, 4) is 0 Å². The molecule has 0 aliphatic carbocycles. The molecule has 0 atom stereocenters. The molecule has 0 unspecified atom stereocenters. The number of aromatic nitrogens is 4. The lowest BCUT2D eigenvalue weighted by Crippen LogP contribution is -2.26. The summed E-state index contributed by atoms with van der Waals surface area (Å²) in [5.74, 6) is 0. The van der Waals surface area contributed by atoms with Crippen LogP contribution in [0.1, 0.15) is 23.9 Å². The SMILES string of the molecule is CCn1nc(C)c(CN(C)S(=O)(=O)c2cnn(C)c2)c1C. The van der Waals surface area contributed by atoms with Gasteiger partial charge in [0, 0.05) is 44.6 Å². The quantitative estimate of drug-likeness (QED) is 0.828. The van der Waals surface area contributed by atoms with Crippen molar-refractivity contribution < 1.29 is 8.42 Å². The van der Waals surface area contributed by atoms with E-state index in [9.17, 15) is 8.42 Å². The van der Waals surface area contributed by atoms with Gasteiger partial charge in [-0.05, 0) is 20.8 Å². The van der Waals surface area contributed by atoms with E-state index in [1.165, 1.54) is 21.4 Å². The van der Waals surface area contributed by atoms with Crippen LogP contribution >= 0.6 is 0 Å². The van der Waals surface area contributed by atoms with Crippen LogP contribution in [0.2, 0.25) is 0 Å². The number of rotatable bonds is 5. The molecule has 2 aromatic heterocycles. The Kier molecular flexibility index (Phi) is 4.20. The van der Waals surface area contributed by atoms with Crippen molar-refractivity contribution in [2.75, 3.05) is 7.05 Å². The molecule has 0 aliphatic heterocycles. The summed E-state index contributed by atoms with van der Waals surface area (Å²) >= 11 is 0. The van der Waals surface area contributed by atoms with Crippen LogP contribution in [0.25, 0.3) is 0 Å². The molecule has 0 bridgehead atoms. The minimum absolute atomic E-state index is 0.200. The van der Waals surface area contributed by atoms with Gasteiger partial charge in [0.15, 0.2) is 0 Å². The molecule has 0 N–H and O–H groups in total. The Bertz CT molecular complexity index is 745. The van der Waals surface area contributed by atoms with E-state index in [4.69, 9.17) is 0 Å². The monoisotopic (exact) mass is 311 g/mol. The molecular formula is C13H21N5O2S. The first-order valence-electron chi connectivity index (χ1n) is 6.75. The first kappa shape index (κ1) is 15.7. The van der Waals surface area contributed by atoms with E-state index in [2.05, 4.69) is 10.2 Å². The van der Waals surface area contributed by atoms with E-state index >= 15 is 0 Å². The van der Waals surface area contributed by atoms with E-state index in [0.717, 1.165) is 23.5 Å². The Morgan fingerprint density at radius 2 is 2.00 bits per heavy atom. The number of hydrogen-bond acceptors (Lipinski definition) is 4. The molecule has 0 aromatic carbocycles. The lowest BCUT2D eigenvalue weighted by molar-refractivity contribution is 0.464. The fourth-order valence-corrected chi connectivity index (χ4v) is 3.42. The van der Waals surface area contributed by atoms with Crippen LogP contribution in [-0.4, -0.2) is 39.3 Å². The van der Waals surface area contributed by atoms with E-state index in [-0.39, 0.29) is 4.90 Å². The van der Waals surface area contributed by atoms with Gasteiger partial charge in [0.05, 0.1) is 11.9 Å². The molecule has 21 heavy (non-hydrogen) atoms. The fourth-order valence-electron chi connectivity index (χ4n) is 2.29. The maximum absolute atomic E-state index is 12.5. The maximum Gasteiger partial charge on any atom is 0.246 e. The molecule has 0 radical (unpaired) electrons. The lowest BCUT2D eigenvalue weighted by atomic mass is 10.2. The van der Waals surface area contributed by atoms with Gasteiger partial charge in [-0.3, -0.25) is 9.36 Å². The maximum atomic E-state index is 12.5. The molecule has 0 saturated carbocycles. The first-order valence-corrected chi connectivity index (χ1v) is 8.19. The van der Waals surface area contributed by atoms with Crippen LogP contribution in [0.4, 0.5) is 0 Å². The predicted octanol–water partition coefficient (Wildman–Crippen LogP) is 1.07. The zero-order valence-electron chi connectivity index (χ0n) is 13.0. The van der Waals surface area contributed by atoms with Gasteiger partial charge in [0.1, 0.15) is 4.90 Å². The first-order chi connectivity index (χ1) is 9.77. The second-order valence-corrected chi connectivity index (χ2v) is 7.12. The van der Waals surface area contributed by atoms with Gasteiger partial charge in [0.25, 0.3) is 0 Å². The molecule has 0 fully saturated rings. The highest BCUT2D eigenvalue weighted by molar-refractivity contribution is 7.89. The second-order valence-electron chi connectivity index (χ2n) is 5.08. The van der Waals surface area contributed by atoms with E-state index in [0.29, 0.717) is 6.54 Å². The average molecular weight is 311 g/mol. The van der Waals surface area contributed by atoms with Gasteiger partial charge in [-0.1, -0.05) is 0 Å². The molecule has 0 aliphatic rings. The third-order valence-corrected chi connectivity index (χ3v) is 5.36. The average Bonchev–Trinajstić information content (AvgIpc) is 2.97. The summed E-state index contributed by atoms with van der Waals surface area (Å²) in [7, 11) is -0.267. The molecule has 2 rings (SSSR count). The standard InChI is InChI=1S/C13H21N5O2S/c1-6-18-11(3)13(10(2)15-18)9-17(5)21(19,20)12-7-14-16(4)8-12/h7-8H,6,9H2,1-5H3. The number of hydrogen-bond donors (Lipinski definition) is 0. The van der Waals surface area contributed by atoms with Gasteiger partial charge in [-0.25, -0.2) is 8.42 Å². The van der Waals surface area contributed by atoms with Crippen molar-refractivity contribution in [1.29, 1.82) is 0 Å². The van der Waals surface area contributed by atoms with Gasteiger partial charge in [0.2, 0.25) is 10.0 Å². The Balaban J connectivity index is 2.30. The van der Waals surface area contributed by atoms with Crippen molar-refractivity contribution in [3.63, 3.8) is 0 Å². The Morgan fingerprint density at radius 1 is 1.33 bits per heavy atom. The zero-order chi connectivity index (χ0) is 15.8. The summed E-state index contributed by atoms with van der Waals surface area (Å²) in [6.07, 6.45) is 2.86. The fraction of sp³-hybridized carbons (Fsp3) is 0.538. The number of nitrogens with zero attached hydrogens (tertiary/aromatic N) is 5. The van der Waals surface area contributed by atoms with E-state index < -0.39 is 10.0 Å². The summed E-state index contributed by atoms with van der Waals surface area (Å²) in [5.41, 5.74) is 2.82. The molecule has 7 nitrogen and oxygen atoms in total. The Morgan fingerprint density at radius 3 is 2.48 bits per heavy atom. The van der Waals surface area contributed by atoms with E-state index in [1.54, 1.807) is 14.1 Å². The van der Waals surface area contributed by atoms with Crippen molar-refractivity contribution in [2.24, 2.45) is 7.05 Å². The normalized spacial score (nSPS) is 12.3. The summed E-state index contributed by atoms with van der Waals surface area (Å²) < 4.78 is 29.7. The highest BCUT2D eigenvalue weighted by Crippen LogP contribution is 2.20. The van der Waals surface area contributed by atoms with Crippen LogP contribution in [0.5, 0.6) is 0 Å². The van der Waals surface area contributed by atoms with Crippen LogP contribution in [0.15, 0.2) is 17.3 Å². The van der Waals surface area contributed by atoms with Crippen LogP contribution in [0.3, 0.4) is 0 Å². The highest BCUT2D eigenvalue weighted by atomic mass is 32.2. The molecule has 2 aromatic rings. The highest BCUT2D eigenvalue weighted by Gasteiger charge is 2.24. The molecule has 0 saturated heterocycles. The summed E-state index contributed by atoms with van der Waals surface area (Å²) in [4.78, 5) is 0.200. The molecule has 0 amide bonds. The summed E-state index contributed by atoms with van der Waals surface area (Å²) in [6.45, 7) is 6.95. The molecule has 2 heterocycles. The van der Waals surface area contributed by atoms with Gasteiger partial charge < -0.3 is 0 Å². The molecular weight excluding hydrogens is 290 g/mol. The minimum Gasteiger partial charge on any atom is -0.274 e. The number of aryl methyl sites for hydroxylation is 3. The largest absolute Gasteiger partial charge is 0.274 e. The minimum atomic E-state index is -3.53. The molecule has 0 spiro atoms. The third kappa shape index (κ3) is 2.86. The molecule has 8 heteroatoms. The van der Waals surface area contributed by atoms with E-state index in [1.807, 2.05) is 25.5 Å². The smallest absolute Gasteiger partial charge is 0.246 e. The third-order valence-electron chi connectivity index (χ3n) is 3.60. The lowest BCUT2D eigenvalue weighted by Gasteiger charge is -2.16. The van der Waals surface area contributed by atoms with Crippen molar-refractivity contribution in [2.45, 2.75) is 38.8 Å². The predicted molar refractivity (Wildman–Crippen MR) is 79.2 cm³/mol. The second kappa shape index (κ2) is 5.61. The van der Waals surface area contributed by atoms with Crippen molar-refractivity contribution in [3.05, 3.63) is 29.3 Å². The zero-order valence-corrected chi connectivity index (χ0v) is 13.8.